The fraction of sp³-hybridized carbons (Fsp3) is 1.00. The SMILES string of the molecule is CC1(C)CCCNC1CNC(C1CC1)C1CC1. The van der Waals surface area contributed by atoms with Crippen LogP contribution in [-0.4, -0.2) is 25.2 Å². The Hall–Kier alpha value is -0.0800. The second kappa shape index (κ2) is 4.55. The van der Waals surface area contributed by atoms with E-state index >= 15 is 0 Å². The van der Waals surface area contributed by atoms with Crippen molar-refractivity contribution < 1.29 is 0 Å². The monoisotopic (exact) mass is 236 g/mol. The van der Waals surface area contributed by atoms with Gasteiger partial charge in [-0.3, -0.25) is 0 Å². The quantitative estimate of drug-likeness (QED) is 0.766. The largest absolute Gasteiger partial charge is 0.312 e. The van der Waals surface area contributed by atoms with Crippen LogP contribution in [0.25, 0.3) is 0 Å². The first-order valence-electron chi connectivity index (χ1n) is 7.63. The molecule has 2 nitrogen and oxygen atoms in total. The minimum absolute atomic E-state index is 0.475. The molecule has 1 unspecified atom stereocenters. The lowest BCUT2D eigenvalue weighted by atomic mass is 9.77. The van der Waals surface area contributed by atoms with Crippen molar-refractivity contribution in [3.63, 3.8) is 0 Å². The molecule has 0 amide bonds. The lowest BCUT2D eigenvalue weighted by molar-refractivity contribution is 0.169. The number of hydrogen-bond acceptors (Lipinski definition) is 2. The van der Waals surface area contributed by atoms with Crippen LogP contribution in [0.1, 0.15) is 52.4 Å². The molecule has 0 aromatic rings. The maximum Gasteiger partial charge on any atom is 0.0243 e. The predicted octanol–water partition coefficient (Wildman–Crippen LogP) is 2.54. The van der Waals surface area contributed by atoms with E-state index < -0.39 is 0 Å². The zero-order valence-electron chi connectivity index (χ0n) is 11.5. The molecule has 0 radical (unpaired) electrons. The van der Waals surface area contributed by atoms with Gasteiger partial charge in [0.2, 0.25) is 0 Å². The summed E-state index contributed by atoms with van der Waals surface area (Å²) in [6.45, 7) is 7.25. The minimum atomic E-state index is 0.475. The molecule has 1 saturated heterocycles. The first-order chi connectivity index (χ1) is 8.17. The Bertz CT molecular complexity index is 254. The third kappa shape index (κ3) is 2.85. The number of rotatable bonds is 5. The maximum atomic E-state index is 3.91. The summed E-state index contributed by atoms with van der Waals surface area (Å²) in [5, 5.41) is 7.63. The summed E-state index contributed by atoms with van der Waals surface area (Å²) in [5.74, 6) is 2.04. The molecule has 2 saturated carbocycles. The molecule has 1 aliphatic heterocycles. The van der Waals surface area contributed by atoms with Crippen LogP contribution < -0.4 is 10.6 Å². The summed E-state index contributed by atoms with van der Waals surface area (Å²) in [7, 11) is 0. The first kappa shape index (κ1) is 12.0. The average Bonchev–Trinajstić information content (AvgIpc) is 3.14. The zero-order chi connectivity index (χ0) is 11.9. The van der Waals surface area contributed by atoms with Crippen LogP contribution in [0.3, 0.4) is 0 Å². The Morgan fingerprint density at radius 3 is 2.35 bits per heavy atom. The molecule has 17 heavy (non-hydrogen) atoms. The normalized spacial score (nSPS) is 33.0. The van der Waals surface area contributed by atoms with Crippen LogP contribution >= 0.6 is 0 Å². The molecule has 3 rings (SSSR count). The number of nitrogens with one attached hydrogen (secondary N) is 2. The van der Waals surface area contributed by atoms with Gasteiger partial charge in [0, 0.05) is 18.6 Å². The van der Waals surface area contributed by atoms with Crippen molar-refractivity contribution in [2.24, 2.45) is 17.3 Å². The molecule has 2 heteroatoms. The molecule has 3 fully saturated rings. The van der Waals surface area contributed by atoms with E-state index in [1.54, 1.807) is 0 Å². The number of hydrogen-bond donors (Lipinski definition) is 2. The first-order valence-corrected chi connectivity index (χ1v) is 7.63. The smallest absolute Gasteiger partial charge is 0.0243 e. The second-order valence-electron chi connectivity index (χ2n) is 7.21. The van der Waals surface area contributed by atoms with Gasteiger partial charge >= 0.3 is 0 Å². The highest BCUT2D eigenvalue weighted by molar-refractivity contribution is 4.98. The van der Waals surface area contributed by atoms with E-state index in [0.29, 0.717) is 11.5 Å². The molecule has 3 aliphatic rings. The molecule has 1 heterocycles. The van der Waals surface area contributed by atoms with Crippen molar-refractivity contribution >= 4 is 0 Å². The van der Waals surface area contributed by atoms with Crippen molar-refractivity contribution in [2.75, 3.05) is 13.1 Å². The van der Waals surface area contributed by atoms with Gasteiger partial charge in [-0.25, -0.2) is 0 Å². The molecular weight excluding hydrogens is 208 g/mol. The van der Waals surface area contributed by atoms with E-state index in [-0.39, 0.29) is 0 Å². The summed E-state index contributed by atoms with van der Waals surface area (Å²) in [6.07, 6.45) is 8.65. The van der Waals surface area contributed by atoms with E-state index in [1.165, 1.54) is 51.6 Å². The minimum Gasteiger partial charge on any atom is -0.312 e. The summed E-state index contributed by atoms with van der Waals surface area (Å²) in [5.41, 5.74) is 0.475. The summed E-state index contributed by atoms with van der Waals surface area (Å²) in [4.78, 5) is 0. The molecule has 2 aliphatic carbocycles. The summed E-state index contributed by atoms with van der Waals surface area (Å²) < 4.78 is 0. The highest BCUT2D eigenvalue weighted by atomic mass is 15.0. The third-order valence-electron chi connectivity index (χ3n) is 5.15. The van der Waals surface area contributed by atoms with Crippen LogP contribution in [-0.2, 0) is 0 Å². The van der Waals surface area contributed by atoms with Crippen molar-refractivity contribution in [1.82, 2.24) is 10.6 Å². The standard InChI is InChI=1S/C15H28N2/c1-15(2)8-3-9-16-13(15)10-17-14(11-4-5-11)12-6-7-12/h11-14,16-17H,3-10H2,1-2H3. The zero-order valence-corrected chi connectivity index (χ0v) is 11.5. The highest BCUT2D eigenvalue weighted by Gasteiger charge is 2.42. The molecular formula is C15H28N2. The van der Waals surface area contributed by atoms with Gasteiger partial charge in [-0.05, 0) is 62.3 Å². The van der Waals surface area contributed by atoms with Crippen LogP contribution in [0.5, 0.6) is 0 Å². The molecule has 0 aromatic heterocycles. The van der Waals surface area contributed by atoms with Crippen molar-refractivity contribution in [1.29, 1.82) is 0 Å². The molecule has 98 valence electrons. The van der Waals surface area contributed by atoms with Gasteiger partial charge in [0.05, 0.1) is 0 Å². The fourth-order valence-corrected chi connectivity index (χ4v) is 3.50. The molecule has 0 aromatic carbocycles. The average molecular weight is 236 g/mol. The van der Waals surface area contributed by atoms with E-state index in [2.05, 4.69) is 24.5 Å². The van der Waals surface area contributed by atoms with Gasteiger partial charge in [-0.2, -0.15) is 0 Å². The number of piperidine rings is 1. The van der Waals surface area contributed by atoms with Gasteiger partial charge in [0.25, 0.3) is 0 Å². The lowest BCUT2D eigenvalue weighted by Gasteiger charge is -2.40. The van der Waals surface area contributed by atoms with Crippen LogP contribution in [0.15, 0.2) is 0 Å². The maximum absolute atomic E-state index is 3.91. The van der Waals surface area contributed by atoms with Crippen LogP contribution in [0.4, 0.5) is 0 Å². The summed E-state index contributed by atoms with van der Waals surface area (Å²) >= 11 is 0. The van der Waals surface area contributed by atoms with E-state index in [0.717, 1.165) is 17.9 Å². The Morgan fingerprint density at radius 1 is 1.18 bits per heavy atom. The highest BCUT2D eigenvalue weighted by Crippen LogP contribution is 2.44. The predicted molar refractivity (Wildman–Crippen MR) is 72.0 cm³/mol. The van der Waals surface area contributed by atoms with Crippen molar-refractivity contribution in [3.8, 4) is 0 Å². The van der Waals surface area contributed by atoms with Crippen LogP contribution in [0, 0.1) is 17.3 Å². The Kier molecular flexibility index (Phi) is 3.20. The van der Waals surface area contributed by atoms with Crippen molar-refractivity contribution in [2.45, 2.75) is 64.5 Å². The molecule has 0 spiro atoms. The molecule has 1 atom stereocenters. The summed E-state index contributed by atoms with van der Waals surface area (Å²) in [6, 6.07) is 1.53. The van der Waals surface area contributed by atoms with Gasteiger partial charge in [-0.1, -0.05) is 13.8 Å². The van der Waals surface area contributed by atoms with Gasteiger partial charge in [0.15, 0.2) is 0 Å². The molecule has 0 bridgehead atoms. The lowest BCUT2D eigenvalue weighted by Crippen LogP contribution is -2.54. The fourth-order valence-electron chi connectivity index (χ4n) is 3.50. The van der Waals surface area contributed by atoms with Crippen LogP contribution in [0.2, 0.25) is 0 Å². The second-order valence-corrected chi connectivity index (χ2v) is 7.21. The van der Waals surface area contributed by atoms with Gasteiger partial charge in [0.1, 0.15) is 0 Å². The van der Waals surface area contributed by atoms with Gasteiger partial charge < -0.3 is 10.6 Å². The Morgan fingerprint density at radius 2 is 1.82 bits per heavy atom. The Labute approximate surface area is 106 Å². The van der Waals surface area contributed by atoms with E-state index in [1.807, 2.05) is 0 Å². The Balaban J connectivity index is 1.51. The van der Waals surface area contributed by atoms with E-state index in [4.69, 9.17) is 0 Å². The third-order valence-corrected chi connectivity index (χ3v) is 5.15. The van der Waals surface area contributed by atoms with Crippen molar-refractivity contribution in [3.05, 3.63) is 0 Å². The topological polar surface area (TPSA) is 24.1 Å². The van der Waals surface area contributed by atoms with E-state index in [9.17, 15) is 0 Å². The molecule has 2 N–H and O–H groups in total. The van der Waals surface area contributed by atoms with Gasteiger partial charge in [-0.15, -0.1) is 0 Å².